The van der Waals surface area contributed by atoms with Gasteiger partial charge in [-0.05, 0) is 37.6 Å². The predicted molar refractivity (Wildman–Crippen MR) is 68.6 cm³/mol. The van der Waals surface area contributed by atoms with Crippen molar-refractivity contribution >= 4 is 0 Å². The van der Waals surface area contributed by atoms with Crippen LogP contribution in [0, 0.1) is 23.2 Å². The van der Waals surface area contributed by atoms with E-state index in [9.17, 15) is 10.2 Å². The number of allylic oxidation sites excluding steroid dienone is 2. The molecule has 0 unspecified atom stereocenters. The first kappa shape index (κ1) is 13.1. The lowest BCUT2D eigenvalue weighted by molar-refractivity contribution is 0.0373. The molecule has 2 N–H and O–H groups in total. The average Bonchev–Trinajstić information content (AvgIpc) is 2.90. The van der Waals surface area contributed by atoms with Crippen LogP contribution in [0.25, 0.3) is 0 Å². The SMILES string of the molecule is CN(C[C@H]1C[C@H]2C=C[C@H]1C2)CC(C)(CO)CO. The number of aliphatic hydroxyl groups is 2. The fourth-order valence-corrected chi connectivity index (χ4v) is 3.37. The minimum absolute atomic E-state index is 0.0461. The average molecular weight is 239 g/mol. The van der Waals surface area contributed by atoms with E-state index in [1.807, 2.05) is 6.92 Å². The summed E-state index contributed by atoms with van der Waals surface area (Å²) in [6, 6.07) is 0. The van der Waals surface area contributed by atoms with Gasteiger partial charge in [0.25, 0.3) is 0 Å². The van der Waals surface area contributed by atoms with Crippen LogP contribution in [0.4, 0.5) is 0 Å². The third-order valence-electron chi connectivity index (χ3n) is 4.38. The number of hydrogen-bond acceptors (Lipinski definition) is 3. The molecule has 2 bridgehead atoms. The van der Waals surface area contributed by atoms with E-state index in [1.54, 1.807) is 0 Å². The zero-order chi connectivity index (χ0) is 12.5. The maximum atomic E-state index is 9.30. The van der Waals surface area contributed by atoms with Gasteiger partial charge in [-0.15, -0.1) is 0 Å². The molecule has 0 radical (unpaired) electrons. The second kappa shape index (κ2) is 5.09. The Balaban J connectivity index is 1.81. The summed E-state index contributed by atoms with van der Waals surface area (Å²) in [5.74, 6) is 2.37. The van der Waals surface area contributed by atoms with E-state index in [4.69, 9.17) is 0 Å². The summed E-state index contributed by atoms with van der Waals surface area (Å²) in [6.45, 7) is 3.87. The second-order valence-corrected chi connectivity index (χ2v) is 6.36. The van der Waals surface area contributed by atoms with Gasteiger partial charge in [0, 0.05) is 18.5 Å². The van der Waals surface area contributed by atoms with Crippen LogP contribution < -0.4 is 0 Å². The van der Waals surface area contributed by atoms with Gasteiger partial charge in [0.05, 0.1) is 13.2 Å². The highest BCUT2D eigenvalue weighted by atomic mass is 16.3. The Labute approximate surface area is 104 Å². The van der Waals surface area contributed by atoms with E-state index in [0.29, 0.717) is 0 Å². The molecule has 0 aliphatic heterocycles. The van der Waals surface area contributed by atoms with Crippen molar-refractivity contribution in [2.45, 2.75) is 19.8 Å². The maximum absolute atomic E-state index is 9.30. The quantitative estimate of drug-likeness (QED) is 0.683. The van der Waals surface area contributed by atoms with Crippen LogP contribution in [0.1, 0.15) is 19.8 Å². The summed E-state index contributed by atoms with van der Waals surface area (Å²) in [6.07, 6.45) is 7.41. The summed E-state index contributed by atoms with van der Waals surface area (Å²) < 4.78 is 0. The first-order valence-corrected chi connectivity index (χ1v) is 6.65. The molecule has 0 aromatic heterocycles. The van der Waals surface area contributed by atoms with Crippen LogP contribution in [-0.2, 0) is 0 Å². The number of hydrogen-bond donors (Lipinski definition) is 2. The number of fused-ring (bicyclic) bond motifs is 2. The Morgan fingerprint density at radius 3 is 2.41 bits per heavy atom. The largest absolute Gasteiger partial charge is 0.396 e. The molecule has 2 rings (SSSR count). The smallest absolute Gasteiger partial charge is 0.0519 e. The van der Waals surface area contributed by atoms with Crippen molar-refractivity contribution in [3.05, 3.63) is 12.2 Å². The predicted octanol–water partition coefficient (Wildman–Crippen LogP) is 1.12. The lowest BCUT2D eigenvalue weighted by Gasteiger charge is -2.33. The Morgan fingerprint density at radius 2 is 1.94 bits per heavy atom. The van der Waals surface area contributed by atoms with Gasteiger partial charge in [-0.25, -0.2) is 0 Å². The van der Waals surface area contributed by atoms with E-state index in [-0.39, 0.29) is 18.6 Å². The fourth-order valence-electron chi connectivity index (χ4n) is 3.37. The van der Waals surface area contributed by atoms with Crippen molar-refractivity contribution in [2.75, 3.05) is 33.4 Å². The molecule has 0 heterocycles. The highest BCUT2D eigenvalue weighted by Gasteiger charge is 2.36. The minimum Gasteiger partial charge on any atom is -0.396 e. The van der Waals surface area contributed by atoms with Crippen LogP contribution in [0.15, 0.2) is 12.2 Å². The topological polar surface area (TPSA) is 43.7 Å². The van der Waals surface area contributed by atoms with Gasteiger partial charge in [0.2, 0.25) is 0 Å². The molecule has 0 saturated heterocycles. The standard InChI is InChI=1S/C14H25NO2/c1-14(9-16,10-17)8-15(2)7-13-6-11-3-4-12(13)5-11/h3-4,11-13,16-17H,5-10H2,1-2H3/t11-,12-,13+/m0/s1. The van der Waals surface area contributed by atoms with Crippen molar-refractivity contribution in [3.63, 3.8) is 0 Å². The van der Waals surface area contributed by atoms with E-state index in [1.165, 1.54) is 12.8 Å². The molecule has 98 valence electrons. The molecule has 0 aromatic rings. The first-order valence-electron chi connectivity index (χ1n) is 6.65. The van der Waals surface area contributed by atoms with Gasteiger partial charge < -0.3 is 15.1 Å². The summed E-state index contributed by atoms with van der Waals surface area (Å²) in [4.78, 5) is 2.27. The van der Waals surface area contributed by atoms with Crippen LogP contribution in [0.3, 0.4) is 0 Å². The van der Waals surface area contributed by atoms with E-state index in [2.05, 4.69) is 24.1 Å². The summed E-state index contributed by atoms with van der Waals surface area (Å²) in [5, 5.41) is 18.6. The highest BCUT2D eigenvalue weighted by Crippen LogP contribution is 2.43. The molecule has 2 aliphatic rings. The summed E-state index contributed by atoms with van der Waals surface area (Å²) in [7, 11) is 2.10. The summed E-state index contributed by atoms with van der Waals surface area (Å²) >= 11 is 0. The van der Waals surface area contributed by atoms with E-state index < -0.39 is 0 Å². The van der Waals surface area contributed by atoms with E-state index >= 15 is 0 Å². The van der Waals surface area contributed by atoms with Gasteiger partial charge >= 0.3 is 0 Å². The molecule has 0 aromatic carbocycles. The Hall–Kier alpha value is -0.380. The van der Waals surface area contributed by atoms with Crippen LogP contribution in [-0.4, -0.2) is 48.5 Å². The molecule has 0 amide bonds. The van der Waals surface area contributed by atoms with Gasteiger partial charge in [0.1, 0.15) is 0 Å². The van der Waals surface area contributed by atoms with Crippen LogP contribution in [0.5, 0.6) is 0 Å². The number of nitrogens with zero attached hydrogens (tertiary/aromatic N) is 1. The zero-order valence-electron chi connectivity index (χ0n) is 11.0. The molecule has 1 saturated carbocycles. The Morgan fingerprint density at radius 1 is 1.24 bits per heavy atom. The van der Waals surface area contributed by atoms with E-state index in [0.717, 1.165) is 30.8 Å². The Kier molecular flexibility index (Phi) is 3.91. The van der Waals surface area contributed by atoms with Gasteiger partial charge in [0.15, 0.2) is 0 Å². The number of rotatable bonds is 6. The van der Waals surface area contributed by atoms with Crippen molar-refractivity contribution in [1.82, 2.24) is 4.90 Å². The molecule has 3 atom stereocenters. The first-order chi connectivity index (χ1) is 8.06. The summed E-state index contributed by atoms with van der Waals surface area (Å²) in [5.41, 5.74) is -0.373. The molecule has 17 heavy (non-hydrogen) atoms. The van der Waals surface area contributed by atoms with Gasteiger partial charge in [-0.3, -0.25) is 0 Å². The van der Waals surface area contributed by atoms with Gasteiger partial charge in [-0.2, -0.15) is 0 Å². The normalized spacial score (nSPS) is 31.7. The molecule has 2 aliphatic carbocycles. The van der Waals surface area contributed by atoms with Crippen molar-refractivity contribution in [2.24, 2.45) is 23.2 Å². The Bertz CT molecular complexity index is 286. The zero-order valence-corrected chi connectivity index (χ0v) is 11.0. The fraction of sp³-hybridized carbons (Fsp3) is 0.857. The molecule has 1 fully saturated rings. The molecule has 3 heteroatoms. The number of aliphatic hydroxyl groups excluding tert-OH is 2. The van der Waals surface area contributed by atoms with Crippen LogP contribution >= 0.6 is 0 Å². The molecular weight excluding hydrogens is 214 g/mol. The van der Waals surface area contributed by atoms with Crippen molar-refractivity contribution in [3.8, 4) is 0 Å². The molecule has 0 spiro atoms. The lowest BCUT2D eigenvalue weighted by Crippen LogP contribution is -2.41. The highest BCUT2D eigenvalue weighted by molar-refractivity contribution is 5.10. The maximum Gasteiger partial charge on any atom is 0.0519 e. The van der Waals surface area contributed by atoms with Gasteiger partial charge in [-0.1, -0.05) is 19.1 Å². The lowest BCUT2D eigenvalue weighted by atomic mass is 9.90. The second-order valence-electron chi connectivity index (χ2n) is 6.36. The molecule has 3 nitrogen and oxygen atoms in total. The van der Waals surface area contributed by atoms with Crippen molar-refractivity contribution in [1.29, 1.82) is 0 Å². The third kappa shape index (κ3) is 2.90. The third-order valence-corrected chi connectivity index (χ3v) is 4.38. The minimum atomic E-state index is -0.373. The van der Waals surface area contributed by atoms with Crippen molar-refractivity contribution < 1.29 is 10.2 Å². The monoisotopic (exact) mass is 239 g/mol. The van der Waals surface area contributed by atoms with Crippen LogP contribution in [0.2, 0.25) is 0 Å². The molecular formula is C14H25NO2.